The van der Waals surface area contributed by atoms with E-state index in [9.17, 15) is 14.9 Å². The molecule has 0 atom stereocenters. The number of carbonyl (C=O) groups excluding carboxylic acids is 1. The first-order valence-electron chi connectivity index (χ1n) is 5.68. The zero-order chi connectivity index (χ0) is 13.9. The predicted octanol–water partition coefficient (Wildman–Crippen LogP) is 3.91. The van der Waals surface area contributed by atoms with Gasteiger partial charge >= 0.3 is 0 Å². The minimum Gasteiger partial charge on any atom is -0.299 e. The Balaban J connectivity index is 2.75. The van der Waals surface area contributed by atoms with Crippen LogP contribution in [0.3, 0.4) is 0 Å². The van der Waals surface area contributed by atoms with Crippen LogP contribution in [0.25, 0.3) is 0 Å². The highest BCUT2D eigenvalue weighted by Crippen LogP contribution is 2.25. The summed E-state index contributed by atoms with van der Waals surface area (Å²) in [7, 11) is 0. The molecule has 1 aromatic rings. The summed E-state index contributed by atoms with van der Waals surface area (Å²) >= 11 is 3.30. The van der Waals surface area contributed by atoms with E-state index < -0.39 is 4.92 Å². The van der Waals surface area contributed by atoms with E-state index in [1.165, 1.54) is 12.1 Å². The normalized spacial score (nSPS) is 11.3. The molecular formula is C13H16BrNO3. The number of carbonyl (C=O) groups is 1. The van der Waals surface area contributed by atoms with Crippen LogP contribution in [0.5, 0.6) is 0 Å². The Bertz CT molecular complexity index is 478. The number of nitro groups is 1. The molecule has 1 rings (SSSR count). The van der Waals surface area contributed by atoms with E-state index in [-0.39, 0.29) is 16.9 Å². The highest BCUT2D eigenvalue weighted by atomic mass is 79.9. The van der Waals surface area contributed by atoms with Gasteiger partial charge in [-0.3, -0.25) is 14.9 Å². The highest BCUT2D eigenvalue weighted by molar-refractivity contribution is 9.10. The van der Waals surface area contributed by atoms with E-state index in [1.54, 1.807) is 6.07 Å². The Morgan fingerprint density at radius 3 is 2.44 bits per heavy atom. The van der Waals surface area contributed by atoms with Gasteiger partial charge in [0.1, 0.15) is 5.78 Å². The van der Waals surface area contributed by atoms with Crippen molar-refractivity contribution in [2.45, 2.75) is 33.6 Å². The van der Waals surface area contributed by atoms with Gasteiger partial charge in [-0.25, -0.2) is 0 Å². The molecule has 0 aliphatic carbocycles. The maximum absolute atomic E-state index is 11.8. The molecule has 0 N–H and O–H groups in total. The Morgan fingerprint density at radius 1 is 1.39 bits per heavy atom. The lowest BCUT2D eigenvalue weighted by Gasteiger charge is -2.16. The summed E-state index contributed by atoms with van der Waals surface area (Å²) in [5.41, 5.74) is 0.624. The molecule has 0 saturated carbocycles. The summed E-state index contributed by atoms with van der Waals surface area (Å²) in [4.78, 5) is 22.0. The first-order chi connectivity index (χ1) is 8.21. The van der Waals surface area contributed by atoms with Crippen molar-refractivity contribution in [1.29, 1.82) is 0 Å². The van der Waals surface area contributed by atoms with Gasteiger partial charge in [0, 0.05) is 28.4 Å². The van der Waals surface area contributed by atoms with Gasteiger partial charge in [0.15, 0.2) is 0 Å². The van der Waals surface area contributed by atoms with Gasteiger partial charge in [0.25, 0.3) is 5.69 Å². The lowest BCUT2D eigenvalue weighted by atomic mass is 9.87. The highest BCUT2D eigenvalue weighted by Gasteiger charge is 2.21. The van der Waals surface area contributed by atoms with Crippen LogP contribution in [0.4, 0.5) is 5.69 Å². The smallest absolute Gasteiger partial charge is 0.270 e. The number of nitro benzene ring substituents is 1. The maximum atomic E-state index is 11.8. The van der Waals surface area contributed by atoms with Crippen molar-refractivity contribution in [1.82, 2.24) is 0 Å². The van der Waals surface area contributed by atoms with Crippen LogP contribution >= 0.6 is 15.9 Å². The second-order valence-electron chi connectivity index (χ2n) is 5.21. The summed E-state index contributed by atoms with van der Waals surface area (Å²) in [6.45, 7) is 5.67. The topological polar surface area (TPSA) is 60.2 Å². The van der Waals surface area contributed by atoms with Crippen LogP contribution in [-0.2, 0) is 11.2 Å². The number of rotatable bonds is 4. The quantitative estimate of drug-likeness (QED) is 0.625. The summed E-state index contributed by atoms with van der Waals surface area (Å²) in [6, 6.07) is 4.62. The van der Waals surface area contributed by atoms with E-state index in [1.807, 2.05) is 20.8 Å². The van der Waals surface area contributed by atoms with Crippen molar-refractivity contribution < 1.29 is 9.72 Å². The largest absolute Gasteiger partial charge is 0.299 e. The van der Waals surface area contributed by atoms with Gasteiger partial charge in [-0.2, -0.15) is 0 Å². The standard InChI is InChI=1S/C13H16BrNO3/c1-13(2,3)12(16)7-5-9-4-6-10(15(17)18)8-11(9)14/h4,6,8H,5,7H2,1-3H3. The van der Waals surface area contributed by atoms with E-state index >= 15 is 0 Å². The molecule has 0 amide bonds. The third-order valence-electron chi connectivity index (χ3n) is 2.71. The number of nitrogens with zero attached hydrogens (tertiary/aromatic N) is 1. The van der Waals surface area contributed by atoms with Gasteiger partial charge in [-0.15, -0.1) is 0 Å². The SMILES string of the molecule is CC(C)(C)C(=O)CCc1ccc([N+](=O)[O-])cc1Br. The minimum atomic E-state index is -0.436. The maximum Gasteiger partial charge on any atom is 0.270 e. The molecule has 0 fully saturated rings. The number of ketones is 1. The Morgan fingerprint density at radius 2 is 2.00 bits per heavy atom. The van der Waals surface area contributed by atoms with Gasteiger partial charge < -0.3 is 0 Å². The van der Waals surface area contributed by atoms with Crippen LogP contribution < -0.4 is 0 Å². The number of hydrogen-bond acceptors (Lipinski definition) is 3. The monoisotopic (exact) mass is 313 g/mol. The average Bonchev–Trinajstić information content (AvgIpc) is 2.25. The van der Waals surface area contributed by atoms with Crippen LogP contribution in [0, 0.1) is 15.5 Å². The fraction of sp³-hybridized carbons (Fsp3) is 0.462. The van der Waals surface area contributed by atoms with Crippen molar-refractivity contribution in [2.75, 3.05) is 0 Å². The average molecular weight is 314 g/mol. The van der Waals surface area contributed by atoms with Crippen LogP contribution in [0.15, 0.2) is 22.7 Å². The molecule has 0 saturated heterocycles. The second-order valence-corrected chi connectivity index (χ2v) is 6.06. The van der Waals surface area contributed by atoms with Crippen molar-refractivity contribution in [3.05, 3.63) is 38.3 Å². The molecule has 0 aromatic heterocycles. The molecule has 0 aliphatic heterocycles. The molecule has 98 valence electrons. The Labute approximate surface area is 115 Å². The Kier molecular flexibility index (Phi) is 4.62. The lowest BCUT2D eigenvalue weighted by molar-refractivity contribution is -0.384. The summed E-state index contributed by atoms with van der Waals surface area (Å²) in [5.74, 6) is 0.188. The van der Waals surface area contributed by atoms with Crippen LogP contribution in [-0.4, -0.2) is 10.7 Å². The summed E-state index contributed by atoms with van der Waals surface area (Å²) < 4.78 is 0.679. The van der Waals surface area contributed by atoms with Crippen molar-refractivity contribution in [2.24, 2.45) is 5.41 Å². The minimum absolute atomic E-state index is 0.0489. The number of aryl methyl sites for hydroxylation is 1. The lowest BCUT2D eigenvalue weighted by Crippen LogP contribution is -2.20. The fourth-order valence-corrected chi connectivity index (χ4v) is 2.04. The number of Topliss-reactive ketones (excluding diaryl/α,β-unsaturated/α-hetero) is 1. The summed E-state index contributed by atoms with van der Waals surface area (Å²) in [6.07, 6.45) is 1.04. The molecular weight excluding hydrogens is 298 g/mol. The van der Waals surface area contributed by atoms with Crippen LogP contribution in [0.1, 0.15) is 32.8 Å². The summed E-state index contributed by atoms with van der Waals surface area (Å²) in [5, 5.41) is 10.6. The van der Waals surface area contributed by atoms with Gasteiger partial charge in [-0.05, 0) is 12.0 Å². The fourth-order valence-electron chi connectivity index (χ4n) is 1.48. The molecule has 4 nitrogen and oxygen atoms in total. The third-order valence-corrected chi connectivity index (χ3v) is 3.44. The first-order valence-corrected chi connectivity index (χ1v) is 6.47. The molecule has 0 unspecified atom stereocenters. The van der Waals surface area contributed by atoms with Crippen molar-refractivity contribution >= 4 is 27.4 Å². The second kappa shape index (κ2) is 5.61. The van der Waals surface area contributed by atoms with Gasteiger partial charge in [0.05, 0.1) is 4.92 Å². The van der Waals surface area contributed by atoms with E-state index in [0.29, 0.717) is 17.3 Å². The number of non-ortho nitro benzene ring substituents is 1. The van der Waals surface area contributed by atoms with E-state index in [2.05, 4.69) is 15.9 Å². The Hall–Kier alpha value is -1.23. The molecule has 0 radical (unpaired) electrons. The predicted molar refractivity (Wildman–Crippen MR) is 73.6 cm³/mol. The zero-order valence-corrected chi connectivity index (χ0v) is 12.3. The van der Waals surface area contributed by atoms with E-state index in [4.69, 9.17) is 0 Å². The number of halogens is 1. The van der Waals surface area contributed by atoms with Crippen molar-refractivity contribution in [3.8, 4) is 0 Å². The molecule has 0 spiro atoms. The molecule has 5 heteroatoms. The number of hydrogen-bond donors (Lipinski definition) is 0. The van der Waals surface area contributed by atoms with Crippen LogP contribution in [0.2, 0.25) is 0 Å². The zero-order valence-electron chi connectivity index (χ0n) is 10.7. The molecule has 1 aromatic carbocycles. The van der Waals surface area contributed by atoms with Gasteiger partial charge in [0.2, 0.25) is 0 Å². The van der Waals surface area contributed by atoms with E-state index in [0.717, 1.165) is 5.56 Å². The molecule has 0 aliphatic rings. The van der Waals surface area contributed by atoms with Gasteiger partial charge in [-0.1, -0.05) is 42.8 Å². The number of benzene rings is 1. The molecule has 0 bridgehead atoms. The first kappa shape index (κ1) is 14.8. The molecule has 18 heavy (non-hydrogen) atoms. The third kappa shape index (κ3) is 3.91. The molecule has 0 heterocycles. The van der Waals surface area contributed by atoms with Crippen molar-refractivity contribution in [3.63, 3.8) is 0 Å².